The topological polar surface area (TPSA) is 98.3 Å². The van der Waals surface area contributed by atoms with Crippen LogP contribution in [-0.4, -0.2) is 15.8 Å². The summed E-state index contributed by atoms with van der Waals surface area (Å²) in [6.45, 7) is 3.55. The summed E-state index contributed by atoms with van der Waals surface area (Å²) in [6.07, 6.45) is 0. The molecule has 7 nitrogen and oxygen atoms in total. The fourth-order valence-electron chi connectivity index (χ4n) is 3.17. The number of benzene rings is 3. The first kappa shape index (κ1) is 18.4. The van der Waals surface area contributed by atoms with Crippen molar-refractivity contribution in [3.63, 3.8) is 0 Å². The van der Waals surface area contributed by atoms with Crippen molar-refractivity contribution < 1.29 is 14.1 Å². The molecule has 0 aliphatic carbocycles. The molecule has 1 heterocycles. The molecule has 1 aromatic heterocycles. The molecule has 29 heavy (non-hydrogen) atoms. The molecule has 7 heteroatoms. The normalized spacial score (nSPS) is 10.8. The molecule has 0 aliphatic rings. The van der Waals surface area contributed by atoms with E-state index in [9.17, 15) is 14.9 Å². The molecule has 0 aliphatic heterocycles. The summed E-state index contributed by atoms with van der Waals surface area (Å²) < 4.78 is 5.82. The van der Waals surface area contributed by atoms with Crippen LogP contribution in [0.4, 0.5) is 11.4 Å². The Labute approximate surface area is 166 Å². The standard InChI is InChI=1S/C22H17N3O4/c1-13-5-3-6-15(11-13)22-24-18-12-16(9-10-20(18)29-22)23-21(26)17-7-4-8-19(14(17)2)25(27)28/h3-12H,1-2H3,(H,23,26). The van der Waals surface area contributed by atoms with Gasteiger partial charge in [0.2, 0.25) is 5.89 Å². The molecule has 1 amide bonds. The second-order valence-corrected chi connectivity index (χ2v) is 6.73. The smallest absolute Gasteiger partial charge is 0.273 e. The van der Waals surface area contributed by atoms with Crippen molar-refractivity contribution >= 4 is 28.4 Å². The second kappa shape index (κ2) is 7.20. The Morgan fingerprint density at radius 2 is 1.86 bits per heavy atom. The Morgan fingerprint density at radius 1 is 1.07 bits per heavy atom. The lowest BCUT2D eigenvalue weighted by molar-refractivity contribution is -0.385. The van der Waals surface area contributed by atoms with Gasteiger partial charge < -0.3 is 9.73 Å². The molecular formula is C22H17N3O4. The third-order valence-electron chi connectivity index (χ3n) is 4.66. The van der Waals surface area contributed by atoms with E-state index in [0.29, 0.717) is 28.2 Å². The number of amides is 1. The van der Waals surface area contributed by atoms with Crippen molar-refractivity contribution in [3.8, 4) is 11.5 Å². The number of anilines is 1. The van der Waals surface area contributed by atoms with Gasteiger partial charge in [0.25, 0.3) is 11.6 Å². The maximum atomic E-state index is 12.6. The van der Waals surface area contributed by atoms with Gasteiger partial charge in [-0.1, -0.05) is 23.8 Å². The Bertz CT molecular complexity index is 1260. The number of aryl methyl sites for hydroxylation is 1. The first-order chi connectivity index (χ1) is 13.9. The van der Waals surface area contributed by atoms with Crippen molar-refractivity contribution in [1.82, 2.24) is 4.98 Å². The van der Waals surface area contributed by atoms with Crippen LogP contribution >= 0.6 is 0 Å². The van der Waals surface area contributed by atoms with E-state index in [1.165, 1.54) is 12.1 Å². The van der Waals surface area contributed by atoms with Crippen molar-refractivity contribution in [1.29, 1.82) is 0 Å². The molecule has 3 aromatic carbocycles. The molecule has 1 N–H and O–H groups in total. The van der Waals surface area contributed by atoms with Gasteiger partial charge in [0.1, 0.15) is 5.52 Å². The zero-order chi connectivity index (χ0) is 20.5. The van der Waals surface area contributed by atoms with Crippen LogP contribution < -0.4 is 5.32 Å². The molecule has 144 valence electrons. The van der Waals surface area contributed by atoms with Gasteiger partial charge in [-0.25, -0.2) is 4.98 Å². The number of rotatable bonds is 4. The summed E-state index contributed by atoms with van der Waals surface area (Å²) in [5.74, 6) is 0.0784. The van der Waals surface area contributed by atoms with Gasteiger partial charge in [-0.2, -0.15) is 0 Å². The van der Waals surface area contributed by atoms with Crippen molar-refractivity contribution in [2.24, 2.45) is 0 Å². The van der Waals surface area contributed by atoms with Crippen LogP contribution in [0.2, 0.25) is 0 Å². The molecule has 0 saturated heterocycles. The third-order valence-corrected chi connectivity index (χ3v) is 4.66. The number of hydrogen-bond acceptors (Lipinski definition) is 5. The van der Waals surface area contributed by atoms with Crippen LogP contribution in [0.5, 0.6) is 0 Å². The van der Waals surface area contributed by atoms with Gasteiger partial charge in [-0.3, -0.25) is 14.9 Å². The fraction of sp³-hybridized carbons (Fsp3) is 0.0909. The van der Waals surface area contributed by atoms with Crippen LogP contribution in [0.15, 0.2) is 65.1 Å². The molecule has 0 fully saturated rings. The predicted octanol–water partition coefficient (Wildman–Crippen LogP) is 5.27. The number of nitrogens with one attached hydrogen (secondary N) is 1. The molecule has 0 radical (unpaired) electrons. The number of nitro benzene ring substituents is 1. The van der Waals surface area contributed by atoms with Crippen LogP contribution in [0.1, 0.15) is 21.5 Å². The van der Waals surface area contributed by atoms with Crippen molar-refractivity contribution in [2.75, 3.05) is 5.32 Å². The maximum Gasteiger partial charge on any atom is 0.273 e. The third kappa shape index (κ3) is 3.58. The molecule has 4 aromatic rings. The highest BCUT2D eigenvalue weighted by atomic mass is 16.6. The molecule has 4 rings (SSSR count). The average molecular weight is 387 g/mol. The fourth-order valence-corrected chi connectivity index (χ4v) is 3.17. The number of oxazole rings is 1. The number of carbonyl (C=O) groups is 1. The molecular weight excluding hydrogens is 370 g/mol. The van der Waals surface area contributed by atoms with E-state index in [2.05, 4.69) is 10.3 Å². The number of nitrogens with zero attached hydrogens (tertiary/aromatic N) is 2. The molecule has 0 spiro atoms. The number of nitro groups is 1. The van der Waals surface area contributed by atoms with Crippen LogP contribution in [0.25, 0.3) is 22.6 Å². The van der Waals surface area contributed by atoms with Crippen molar-refractivity contribution in [2.45, 2.75) is 13.8 Å². The number of aromatic nitrogens is 1. The molecule has 0 saturated carbocycles. The minimum absolute atomic E-state index is 0.0904. The van der Waals surface area contributed by atoms with E-state index >= 15 is 0 Å². The van der Waals surface area contributed by atoms with Crippen LogP contribution in [0.3, 0.4) is 0 Å². The lowest BCUT2D eigenvalue weighted by atomic mass is 10.1. The van der Waals surface area contributed by atoms with E-state index in [4.69, 9.17) is 4.42 Å². The summed E-state index contributed by atoms with van der Waals surface area (Å²) in [6, 6.07) is 17.4. The molecule has 0 unspecified atom stereocenters. The SMILES string of the molecule is Cc1cccc(-c2nc3cc(NC(=O)c4cccc([N+](=O)[O-])c4C)ccc3o2)c1. The van der Waals surface area contributed by atoms with Gasteiger partial charge in [0.05, 0.1) is 4.92 Å². The van der Waals surface area contributed by atoms with Gasteiger partial charge in [-0.05, 0) is 50.2 Å². The first-order valence-electron chi connectivity index (χ1n) is 8.95. The summed E-state index contributed by atoms with van der Waals surface area (Å²) in [7, 11) is 0. The van der Waals surface area contributed by atoms with Crippen LogP contribution in [-0.2, 0) is 0 Å². The lowest BCUT2D eigenvalue weighted by Crippen LogP contribution is -2.14. The zero-order valence-electron chi connectivity index (χ0n) is 15.8. The van der Waals surface area contributed by atoms with Gasteiger partial charge >= 0.3 is 0 Å². The van der Waals surface area contributed by atoms with Gasteiger partial charge in [0, 0.05) is 28.4 Å². The van der Waals surface area contributed by atoms with E-state index in [1.807, 2.05) is 31.2 Å². The monoisotopic (exact) mass is 387 g/mol. The largest absolute Gasteiger partial charge is 0.436 e. The summed E-state index contributed by atoms with van der Waals surface area (Å²) in [5.41, 5.74) is 4.19. The number of carbonyl (C=O) groups excluding carboxylic acids is 1. The summed E-state index contributed by atoms with van der Waals surface area (Å²) in [4.78, 5) is 27.7. The lowest BCUT2D eigenvalue weighted by Gasteiger charge is -2.07. The first-order valence-corrected chi connectivity index (χ1v) is 8.95. The Hall–Kier alpha value is -4.00. The Kier molecular flexibility index (Phi) is 4.56. The predicted molar refractivity (Wildman–Crippen MR) is 110 cm³/mol. The number of hydrogen-bond donors (Lipinski definition) is 1. The highest BCUT2D eigenvalue weighted by molar-refractivity contribution is 6.06. The van der Waals surface area contributed by atoms with E-state index in [1.54, 1.807) is 31.2 Å². The molecule has 0 atom stereocenters. The minimum atomic E-state index is -0.500. The average Bonchev–Trinajstić information content (AvgIpc) is 3.11. The quantitative estimate of drug-likeness (QED) is 0.380. The minimum Gasteiger partial charge on any atom is -0.436 e. The van der Waals surface area contributed by atoms with Gasteiger partial charge in [0.15, 0.2) is 5.58 Å². The Balaban J connectivity index is 1.63. The van der Waals surface area contributed by atoms with E-state index in [0.717, 1.165) is 11.1 Å². The van der Waals surface area contributed by atoms with E-state index in [-0.39, 0.29) is 11.3 Å². The maximum absolute atomic E-state index is 12.6. The highest BCUT2D eigenvalue weighted by Crippen LogP contribution is 2.27. The zero-order valence-corrected chi connectivity index (χ0v) is 15.8. The van der Waals surface area contributed by atoms with E-state index < -0.39 is 10.8 Å². The highest BCUT2D eigenvalue weighted by Gasteiger charge is 2.18. The van der Waals surface area contributed by atoms with Gasteiger partial charge in [-0.15, -0.1) is 0 Å². The van der Waals surface area contributed by atoms with Crippen LogP contribution in [0, 0.1) is 24.0 Å². The summed E-state index contributed by atoms with van der Waals surface area (Å²) >= 11 is 0. The second-order valence-electron chi connectivity index (χ2n) is 6.73. The Morgan fingerprint density at radius 3 is 2.62 bits per heavy atom. The van der Waals surface area contributed by atoms with Crippen molar-refractivity contribution in [3.05, 3.63) is 87.5 Å². The molecule has 0 bridgehead atoms. The number of fused-ring (bicyclic) bond motifs is 1. The summed E-state index contributed by atoms with van der Waals surface area (Å²) in [5, 5.41) is 13.9.